The average molecular weight is 355 g/mol. The summed E-state index contributed by atoms with van der Waals surface area (Å²) >= 11 is 0. The summed E-state index contributed by atoms with van der Waals surface area (Å²) in [5.41, 5.74) is 1.79. The van der Waals surface area contributed by atoms with Gasteiger partial charge in [0.05, 0.1) is 12.7 Å². The lowest BCUT2D eigenvalue weighted by Gasteiger charge is -2.07. The lowest BCUT2D eigenvalue weighted by atomic mass is 10.1. The van der Waals surface area contributed by atoms with Crippen LogP contribution >= 0.6 is 0 Å². The minimum absolute atomic E-state index is 0.0744. The maximum atomic E-state index is 12.2. The Balaban J connectivity index is 1.87. The second-order valence-electron chi connectivity index (χ2n) is 5.66. The molecule has 0 unspecified atom stereocenters. The van der Waals surface area contributed by atoms with Crippen LogP contribution < -0.4 is 10.1 Å². The molecule has 6 heteroatoms. The van der Waals surface area contributed by atoms with Crippen LogP contribution in [0.2, 0.25) is 0 Å². The summed E-state index contributed by atoms with van der Waals surface area (Å²) in [6, 6.07) is 13.6. The van der Waals surface area contributed by atoms with E-state index >= 15 is 0 Å². The number of rotatable bonds is 8. The lowest BCUT2D eigenvalue weighted by Crippen LogP contribution is -2.22. The quantitative estimate of drug-likeness (QED) is 0.581. The summed E-state index contributed by atoms with van der Waals surface area (Å²) in [6.45, 7) is 1.68. The molecule has 0 saturated carbocycles. The summed E-state index contributed by atoms with van der Waals surface area (Å²) in [6.07, 6.45) is 0.679. The van der Waals surface area contributed by atoms with Gasteiger partial charge in [-0.2, -0.15) is 0 Å². The molecule has 0 heterocycles. The Labute approximate surface area is 152 Å². The highest BCUT2D eigenvalue weighted by molar-refractivity contribution is 5.99. The molecule has 1 amide bonds. The Kier molecular flexibility index (Phi) is 6.91. The van der Waals surface area contributed by atoms with E-state index in [4.69, 9.17) is 9.47 Å². The van der Waals surface area contributed by atoms with Crippen molar-refractivity contribution in [1.29, 1.82) is 0 Å². The van der Waals surface area contributed by atoms with E-state index < -0.39 is 5.97 Å². The molecule has 26 heavy (non-hydrogen) atoms. The number of ketones is 1. The molecule has 0 atom stereocenters. The third kappa shape index (κ3) is 5.73. The standard InChI is InChI=1S/C20H21NO5/c1-14(22)21-11-10-15-6-8-16(9-7-15)19(23)13-26-20(24)17-4-3-5-18(12-17)25-2/h3-9,12H,10-11,13H2,1-2H3,(H,21,22). The van der Waals surface area contributed by atoms with Gasteiger partial charge in [0.25, 0.3) is 0 Å². The van der Waals surface area contributed by atoms with Gasteiger partial charge in [-0.15, -0.1) is 0 Å². The van der Waals surface area contributed by atoms with Crippen molar-refractivity contribution in [2.75, 3.05) is 20.3 Å². The van der Waals surface area contributed by atoms with E-state index in [1.807, 2.05) is 12.1 Å². The maximum Gasteiger partial charge on any atom is 0.338 e. The molecule has 0 aliphatic rings. The number of methoxy groups -OCH3 is 1. The Bertz CT molecular complexity index is 783. The number of carbonyl (C=O) groups is 3. The van der Waals surface area contributed by atoms with Crippen LogP contribution in [0.1, 0.15) is 33.2 Å². The summed E-state index contributed by atoms with van der Waals surface area (Å²) in [4.78, 5) is 35.0. The van der Waals surface area contributed by atoms with Gasteiger partial charge in [-0.1, -0.05) is 30.3 Å². The Morgan fingerprint density at radius 1 is 1.00 bits per heavy atom. The van der Waals surface area contributed by atoms with Crippen molar-refractivity contribution in [2.45, 2.75) is 13.3 Å². The van der Waals surface area contributed by atoms with Gasteiger partial charge in [0.2, 0.25) is 5.91 Å². The summed E-state index contributed by atoms with van der Waals surface area (Å²) in [5.74, 6) is -0.394. The van der Waals surface area contributed by atoms with E-state index in [-0.39, 0.29) is 18.3 Å². The fraction of sp³-hybridized carbons (Fsp3) is 0.250. The average Bonchev–Trinajstić information content (AvgIpc) is 2.66. The van der Waals surface area contributed by atoms with Crippen LogP contribution in [0.3, 0.4) is 0 Å². The first-order valence-corrected chi connectivity index (χ1v) is 8.17. The van der Waals surface area contributed by atoms with Crippen LogP contribution in [0, 0.1) is 0 Å². The predicted octanol–water partition coefficient (Wildman–Crippen LogP) is 2.41. The van der Waals surface area contributed by atoms with Crippen molar-refractivity contribution in [2.24, 2.45) is 0 Å². The number of amides is 1. The second kappa shape index (κ2) is 9.36. The van der Waals surface area contributed by atoms with Crippen LogP contribution in [0.4, 0.5) is 0 Å². The summed E-state index contributed by atoms with van der Waals surface area (Å²) < 4.78 is 10.1. The predicted molar refractivity (Wildman–Crippen MR) is 96.4 cm³/mol. The van der Waals surface area contributed by atoms with Crippen molar-refractivity contribution >= 4 is 17.7 Å². The molecule has 0 spiro atoms. The van der Waals surface area contributed by atoms with E-state index in [1.54, 1.807) is 36.4 Å². The second-order valence-corrected chi connectivity index (χ2v) is 5.66. The molecule has 0 aliphatic heterocycles. The van der Waals surface area contributed by atoms with Gasteiger partial charge < -0.3 is 14.8 Å². The third-order valence-electron chi connectivity index (χ3n) is 3.70. The molecule has 0 aromatic heterocycles. The number of hydrogen-bond acceptors (Lipinski definition) is 5. The first-order chi connectivity index (χ1) is 12.5. The summed E-state index contributed by atoms with van der Waals surface area (Å²) in [7, 11) is 1.51. The first-order valence-electron chi connectivity index (χ1n) is 8.17. The van der Waals surface area contributed by atoms with Gasteiger partial charge >= 0.3 is 5.97 Å². The van der Waals surface area contributed by atoms with Crippen molar-refractivity contribution in [1.82, 2.24) is 5.32 Å². The molecular formula is C20H21NO5. The van der Waals surface area contributed by atoms with Gasteiger partial charge in [-0.05, 0) is 30.2 Å². The monoisotopic (exact) mass is 355 g/mol. The molecule has 2 rings (SSSR count). The highest BCUT2D eigenvalue weighted by Gasteiger charge is 2.12. The SMILES string of the molecule is COc1cccc(C(=O)OCC(=O)c2ccc(CCNC(C)=O)cc2)c1. The van der Waals surface area contributed by atoms with E-state index in [0.29, 0.717) is 29.8 Å². The van der Waals surface area contributed by atoms with Crippen LogP contribution in [-0.2, 0) is 16.0 Å². The molecule has 0 bridgehead atoms. The normalized spacial score (nSPS) is 10.1. The number of ether oxygens (including phenoxy) is 2. The van der Waals surface area contributed by atoms with Crippen LogP contribution in [0.25, 0.3) is 0 Å². The van der Waals surface area contributed by atoms with Gasteiger partial charge in [0.1, 0.15) is 5.75 Å². The van der Waals surface area contributed by atoms with E-state index in [9.17, 15) is 14.4 Å². The van der Waals surface area contributed by atoms with Crippen LogP contribution in [0.15, 0.2) is 48.5 Å². The van der Waals surface area contributed by atoms with Crippen molar-refractivity contribution in [3.63, 3.8) is 0 Å². The molecule has 2 aromatic rings. The fourth-order valence-corrected chi connectivity index (χ4v) is 2.29. The number of Topliss-reactive ketones (excluding diaryl/α,β-unsaturated/α-hetero) is 1. The fourth-order valence-electron chi connectivity index (χ4n) is 2.29. The molecule has 0 saturated heterocycles. The molecule has 136 valence electrons. The highest BCUT2D eigenvalue weighted by atomic mass is 16.5. The van der Waals surface area contributed by atoms with Crippen LogP contribution in [0.5, 0.6) is 5.75 Å². The Morgan fingerprint density at radius 3 is 2.38 bits per heavy atom. The lowest BCUT2D eigenvalue weighted by molar-refractivity contribution is -0.118. The molecule has 1 N–H and O–H groups in total. The molecule has 0 aliphatic carbocycles. The van der Waals surface area contributed by atoms with E-state index in [2.05, 4.69) is 5.32 Å². The smallest absolute Gasteiger partial charge is 0.338 e. The van der Waals surface area contributed by atoms with Gasteiger partial charge in [-0.25, -0.2) is 4.79 Å². The Morgan fingerprint density at radius 2 is 1.73 bits per heavy atom. The third-order valence-corrected chi connectivity index (χ3v) is 3.70. The molecule has 6 nitrogen and oxygen atoms in total. The topological polar surface area (TPSA) is 81.7 Å². The molecule has 0 fully saturated rings. The van der Waals surface area contributed by atoms with Crippen molar-refractivity contribution in [3.05, 3.63) is 65.2 Å². The zero-order valence-electron chi connectivity index (χ0n) is 14.8. The number of benzene rings is 2. The summed E-state index contributed by atoms with van der Waals surface area (Å²) in [5, 5.41) is 2.72. The number of hydrogen-bond donors (Lipinski definition) is 1. The molecule has 2 aromatic carbocycles. The van der Waals surface area contributed by atoms with Crippen LogP contribution in [-0.4, -0.2) is 37.9 Å². The zero-order valence-corrected chi connectivity index (χ0v) is 14.8. The van der Waals surface area contributed by atoms with Gasteiger partial charge in [-0.3, -0.25) is 9.59 Å². The van der Waals surface area contributed by atoms with Gasteiger partial charge in [0.15, 0.2) is 12.4 Å². The largest absolute Gasteiger partial charge is 0.497 e. The number of carbonyl (C=O) groups excluding carboxylic acids is 3. The van der Waals surface area contributed by atoms with Crippen molar-refractivity contribution < 1.29 is 23.9 Å². The maximum absolute atomic E-state index is 12.2. The minimum atomic E-state index is -0.579. The Hall–Kier alpha value is -3.15. The minimum Gasteiger partial charge on any atom is -0.497 e. The number of esters is 1. The van der Waals surface area contributed by atoms with E-state index in [0.717, 1.165) is 5.56 Å². The number of nitrogens with one attached hydrogen (secondary N) is 1. The first kappa shape index (κ1) is 19.2. The van der Waals surface area contributed by atoms with Gasteiger partial charge in [0, 0.05) is 19.0 Å². The highest BCUT2D eigenvalue weighted by Crippen LogP contribution is 2.13. The zero-order chi connectivity index (χ0) is 18.9. The van der Waals surface area contributed by atoms with Crippen molar-refractivity contribution in [3.8, 4) is 5.75 Å². The molecular weight excluding hydrogens is 334 g/mol. The van der Waals surface area contributed by atoms with E-state index in [1.165, 1.54) is 14.0 Å². The molecule has 0 radical (unpaired) electrons.